The number of Topliss-reactive ketones (excluding diaryl/α,β-unsaturated/α-hetero) is 1. The van der Waals surface area contributed by atoms with Crippen LogP contribution in [0, 0.1) is 6.92 Å². The van der Waals surface area contributed by atoms with E-state index in [-0.39, 0.29) is 5.78 Å². The Morgan fingerprint density at radius 2 is 2.27 bits per heavy atom. The average molecular weight is 201 g/mol. The summed E-state index contributed by atoms with van der Waals surface area (Å²) in [6.45, 7) is 1.97. The van der Waals surface area contributed by atoms with Crippen molar-refractivity contribution in [2.75, 3.05) is 0 Å². The summed E-state index contributed by atoms with van der Waals surface area (Å²) < 4.78 is 4.85. The monoisotopic (exact) mass is 201 g/mol. The first-order chi connectivity index (χ1) is 7.25. The molecule has 2 aromatic rings. The zero-order valence-electron chi connectivity index (χ0n) is 8.43. The first-order valence-corrected chi connectivity index (χ1v) is 4.72. The number of aryl methyl sites for hydroxylation is 1. The Morgan fingerprint density at radius 3 is 2.87 bits per heavy atom. The van der Waals surface area contributed by atoms with Crippen LogP contribution in [0.4, 0.5) is 0 Å². The molecule has 0 unspecified atom stereocenters. The van der Waals surface area contributed by atoms with Gasteiger partial charge in [-0.2, -0.15) is 0 Å². The quantitative estimate of drug-likeness (QED) is 0.716. The predicted molar refractivity (Wildman–Crippen MR) is 55.7 cm³/mol. The lowest BCUT2D eigenvalue weighted by Gasteiger charge is -1.98. The molecule has 0 aliphatic carbocycles. The molecule has 3 nitrogen and oxygen atoms in total. The van der Waals surface area contributed by atoms with Crippen molar-refractivity contribution in [2.45, 2.75) is 13.3 Å². The maximum absolute atomic E-state index is 11.7. The summed E-state index contributed by atoms with van der Waals surface area (Å²) in [7, 11) is 0. The Kier molecular flexibility index (Phi) is 2.63. The molecule has 2 heterocycles. The fourth-order valence-corrected chi connectivity index (χ4v) is 1.29. The van der Waals surface area contributed by atoms with Gasteiger partial charge in [0.1, 0.15) is 6.26 Å². The van der Waals surface area contributed by atoms with Gasteiger partial charge < -0.3 is 4.42 Å². The standard InChI is InChI=1S/C12H11NO2/c1-9-2-3-11(13-7-9)6-12(14)10-4-5-15-8-10/h2-5,7-8H,6H2,1H3. The first-order valence-electron chi connectivity index (χ1n) is 4.72. The molecular formula is C12H11NO2. The van der Waals surface area contributed by atoms with Gasteiger partial charge in [0.15, 0.2) is 5.78 Å². The topological polar surface area (TPSA) is 43.1 Å². The summed E-state index contributed by atoms with van der Waals surface area (Å²) in [6, 6.07) is 5.48. The largest absolute Gasteiger partial charge is 0.472 e. The van der Waals surface area contributed by atoms with Gasteiger partial charge in [0.25, 0.3) is 0 Å². The predicted octanol–water partition coefficient (Wildman–Crippen LogP) is 2.41. The van der Waals surface area contributed by atoms with Crippen molar-refractivity contribution in [3.63, 3.8) is 0 Å². The van der Waals surface area contributed by atoms with Gasteiger partial charge in [-0.05, 0) is 24.6 Å². The highest BCUT2D eigenvalue weighted by Crippen LogP contribution is 2.06. The summed E-state index contributed by atoms with van der Waals surface area (Å²) >= 11 is 0. The lowest BCUT2D eigenvalue weighted by molar-refractivity contribution is 0.0991. The molecule has 0 N–H and O–H groups in total. The lowest BCUT2D eigenvalue weighted by Crippen LogP contribution is -2.03. The number of rotatable bonds is 3. The van der Waals surface area contributed by atoms with E-state index < -0.39 is 0 Å². The average Bonchev–Trinajstić information content (AvgIpc) is 2.74. The van der Waals surface area contributed by atoms with Crippen LogP contribution in [0.2, 0.25) is 0 Å². The van der Waals surface area contributed by atoms with Crippen LogP contribution in [-0.2, 0) is 6.42 Å². The van der Waals surface area contributed by atoms with Gasteiger partial charge in [-0.15, -0.1) is 0 Å². The molecule has 0 amide bonds. The zero-order chi connectivity index (χ0) is 10.7. The van der Waals surface area contributed by atoms with Gasteiger partial charge in [0, 0.05) is 11.9 Å². The minimum Gasteiger partial charge on any atom is -0.472 e. The number of carbonyl (C=O) groups is 1. The summed E-state index contributed by atoms with van der Waals surface area (Å²) in [5, 5.41) is 0. The summed E-state index contributed by atoms with van der Waals surface area (Å²) in [4.78, 5) is 15.8. The molecule has 0 saturated carbocycles. The maximum atomic E-state index is 11.7. The molecule has 0 fully saturated rings. The van der Waals surface area contributed by atoms with Gasteiger partial charge >= 0.3 is 0 Å². The third-order valence-electron chi connectivity index (χ3n) is 2.16. The Labute approximate surface area is 87.8 Å². The van der Waals surface area contributed by atoms with Crippen LogP contribution >= 0.6 is 0 Å². The van der Waals surface area contributed by atoms with Gasteiger partial charge in [-0.25, -0.2) is 0 Å². The van der Waals surface area contributed by atoms with E-state index in [0.717, 1.165) is 11.3 Å². The number of nitrogens with zero attached hydrogens (tertiary/aromatic N) is 1. The lowest BCUT2D eigenvalue weighted by atomic mass is 10.1. The van der Waals surface area contributed by atoms with Crippen LogP contribution in [-0.4, -0.2) is 10.8 Å². The second kappa shape index (κ2) is 4.09. The third-order valence-corrected chi connectivity index (χ3v) is 2.16. The molecule has 0 radical (unpaired) electrons. The van der Waals surface area contributed by atoms with Crippen LogP contribution in [0.1, 0.15) is 21.6 Å². The van der Waals surface area contributed by atoms with Crippen molar-refractivity contribution in [3.05, 3.63) is 53.7 Å². The molecule has 0 atom stereocenters. The van der Waals surface area contributed by atoms with Crippen LogP contribution in [0.5, 0.6) is 0 Å². The Morgan fingerprint density at radius 1 is 1.40 bits per heavy atom. The van der Waals surface area contributed by atoms with E-state index in [1.165, 1.54) is 12.5 Å². The molecule has 76 valence electrons. The minimum atomic E-state index is 0.0279. The molecule has 3 heteroatoms. The maximum Gasteiger partial charge on any atom is 0.172 e. The number of furan rings is 1. The molecule has 0 spiro atoms. The van der Waals surface area contributed by atoms with E-state index in [2.05, 4.69) is 4.98 Å². The molecule has 0 aliphatic rings. The van der Waals surface area contributed by atoms with Crippen LogP contribution in [0.15, 0.2) is 41.3 Å². The number of ketones is 1. The van der Waals surface area contributed by atoms with E-state index in [1.807, 2.05) is 19.1 Å². The molecule has 0 bridgehead atoms. The molecule has 2 rings (SSSR count). The van der Waals surface area contributed by atoms with Gasteiger partial charge in [-0.3, -0.25) is 9.78 Å². The SMILES string of the molecule is Cc1ccc(CC(=O)c2ccoc2)nc1. The van der Waals surface area contributed by atoms with Crippen molar-refractivity contribution in [3.8, 4) is 0 Å². The highest BCUT2D eigenvalue weighted by atomic mass is 16.3. The van der Waals surface area contributed by atoms with Crippen molar-refractivity contribution < 1.29 is 9.21 Å². The fraction of sp³-hybridized carbons (Fsp3) is 0.167. The number of pyridine rings is 1. The van der Waals surface area contributed by atoms with Gasteiger partial charge in [0.2, 0.25) is 0 Å². The Balaban J connectivity index is 2.09. The van der Waals surface area contributed by atoms with Crippen LogP contribution in [0.25, 0.3) is 0 Å². The first kappa shape index (κ1) is 9.65. The van der Waals surface area contributed by atoms with Crippen molar-refractivity contribution >= 4 is 5.78 Å². The Hall–Kier alpha value is -1.90. The zero-order valence-corrected chi connectivity index (χ0v) is 8.43. The highest BCUT2D eigenvalue weighted by molar-refractivity contribution is 5.96. The van der Waals surface area contributed by atoms with Gasteiger partial charge in [0.05, 0.1) is 18.2 Å². The molecular weight excluding hydrogens is 190 g/mol. The number of hydrogen-bond donors (Lipinski definition) is 0. The summed E-state index contributed by atoms with van der Waals surface area (Å²) in [5.41, 5.74) is 2.47. The van der Waals surface area contributed by atoms with E-state index in [4.69, 9.17) is 4.42 Å². The van der Waals surface area contributed by atoms with E-state index in [1.54, 1.807) is 12.3 Å². The number of carbonyl (C=O) groups excluding carboxylic acids is 1. The Bertz CT molecular complexity index is 443. The molecule has 0 saturated heterocycles. The normalized spacial score (nSPS) is 10.2. The van der Waals surface area contributed by atoms with Gasteiger partial charge in [-0.1, -0.05) is 6.07 Å². The summed E-state index contributed by atoms with van der Waals surface area (Å²) in [6.07, 6.45) is 5.03. The second-order valence-corrected chi connectivity index (χ2v) is 3.44. The molecule has 0 aliphatic heterocycles. The number of aromatic nitrogens is 1. The fourth-order valence-electron chi connectivity index (χ4n) is 1.29. The van der Waals surface area contributed by atoms with Crippen molar-refractivity contribution in [1.82, 2.24) is 4.98 Å². The smallest absolute Gasteiger partial charge is 0.172 e. The van der Waals surface area contributed by atoms with Crippen molar-refractivity contribution in [1.29, 1.82) is 0 Å². The summed E-state index contributed by atoms with van der Waals surface area (Å²) in [5.74, 6) is 0.0279. The molecule has 15 heavy (non-hydrogen) atoms. The van der Waals surface area contributed by atoms with E-state index >= 15 is 0 Å². The van der Waals surface area contributed by atoms with Crippen LogP contribution < -0.4 is 0 Å². The van der Waals surface area contributed by atoms with E-state index in [9.17, 15) is 4.79 Å². The molecule has 2 aromatic heterocycles. The molecule has 0 aromatic carbocycles. The minimum absolute atomic E-state index is 0.0279. The third kappa shape index (κ3) is 2.31. The van der Waals surface area contributed by atoms with E-state index in [0.29, 0.717) is 12.0 Å². The highest BCUT2D eigenvalue weighted by Gasteiger charge is 2.08. The number of hydrogen-bond acceptors (Lipinski definition) is 3. The second-order valence-electron chi connectivity index (χ2n) is 3.44. The van der Waals surface area contributed by atoms with Crippen LogP contribution in [0.3, 0.4) is 0 Å². The van der Waals surface area contributed by atoms with Crippen molar-refractivity contribution in [2.24, 2.45) is 0 Å².